The summed E-state index contributed by atoms with van der Waals surface area (Å²) in [5, 5.41) is 34.6. The van der Waals surface area contributed by atoms with E-state index in [1.54, 1.807) is 13.0 Å². The Morgan fingerprint density at radius 1 is 1.02 bits per heavy atom. The molecular weight excluding hydrogens is 610 g/mol. The van der Waals surface area contributed by atoms with Gasteiger partial charge in [0.1, 0.15) is 0 Å². The molecule has 0 bridgehead atoms. The summed E-state index contributed by atoms with van der Waals surface area (Å²) in [7, 11) is 0. The van der Waals surface area contributed by atoms with E-state index in [2.05, 4.69) is 84.8 Å². The van der Waals surface area contributed by atoms with Crippen LogP contribution in [0, 0.1) is 28.6 Å². The van der Waals surface area contributed by atoms with Crippen molar-refractivity contribution < 1.29 is 24.9 Å². The van der Waals surface area contributed by atoms with Crippen LogP contribution in [0.25, 0.3) is 16.5 Å². The van der Waals surface area contributed by atoms with Gasteiger partial charge in [-0.05, 0) is 137 Å². The molecule has 2 aliphatic heterocycles. The molecule has 1 aromatic carbocycles. The molecule has 3 heterocycles. The molecule has 3 N–H and O–H groups in total. The van der Waals surface area contributed by atoms with Crippen molar-refractivity contribution in [3.63, 3.8) is 0 Å². The standard InChI is InChI=1S/C43H55NO5/c1-22(2)30-20-28-33-25(29-21-39(4,5)49-40(6,7)34(29)36(33)46)19-26-27-18-24-13-14-31-41(8,16-11-12-23(3)38(47)48)32(45)15-17-42(31,9)43(24,10)37(27)44(30)35(26)28/h11-12,16,19,21,24,30-32,34,36,45-46H,1,13-15,17-18,20H2,2-10H3,(H,47,48)/b16-11+,23-12+/t24-,30+,31?,32-,34+,36+,41-,42-,43+/m0/s1. The lowest BCUT2D eigenvalue weighted by atomic mass is 9.40. The zero-order valence-corrected chi connectivity index (χ0v) is 30.9. The molecule has 9 atom stereocenters. The lowest BCUT2D eigenvalue weighted by Crippen LogP contribution is -2.62. The van der Waals surface area contributed by atoms with Crippen molar-refractivity contribution in [3.05, 3.63) is 76.0 Å². The van der Waals surface area contributed by atoms with Crippen molar-refractivity contribution in [3.8, 4) is 0 Å². The number of carboxylic acid groups (broad SMARTS) is 1. The highest BCUT2D eigenvalue weighted by molar-refractivity contribution is 5.97. The molecule has 8 rings (SSSR count). The molecule has 2 aromatic rings. The lowest BCUT2D eigenvalue weighted by Gasteiger charge is -2.64. The zero-order chi connectivity index (χ0) is 35.4. The second kappa shape index (κ2) is 10.1. The number of benzene rings is 1. The molecule has 1 unspecified atom stereocenters. The maximum absolute atomic E-state index is 12.2. The summed E-state index contributed by atoms with van der Waals surface area (Å²) >= 11 is 0. The van der Waals surface area contributed by atoms with Crippen LogP contribution in [0.1, 0.15) is 128 Å². The van der Waals surface area contributed by atoms with E-state index < -0.39 is 34.8 Å². The van der Waals surface area contributed by atoms with Gasteiger partial charge in [-0.15, -0.1) is 0 Å². The van der Waals surface area contributed by atoms with Crippen LogP contribution >= 0.6 is 0 Å². The van der Waals surface area contributed by atoms with Crippen molar-refractivity contribution in [2.24, 2.45) is 28.6 Å². The van der Waals surface area contributed by atoms with Crippen LogP contribution in [0.4, 0.5) is 0 Å². The van der Waals surface area contributed by atoms with Gasteiger partial charge >= 0.3 is 5.97 Å². The van der Waals surface area contributed by atoms with Crippen LogP contribution in [0.3, 0.4) is 0 Å². The van der Waals surface area contributed by atoms with E-state index in [-0.39, 0.29) is 28.7 Å². The van der Waals surface area contributed by atoms with E-state index in [0.29, 0.717) is 17.9 Å². The molecule has 2 fully saturated rings. The fourth-order valence-electron chi connectivity index (χ4n) is 12.7. The number of aromatic nitrogens is 1. The third kappa shape index (κ3) is 4.08. The Labute approximate surface area is 291 Å². The van der Waals surface area contributed by atoms with Crippen molar-refractivity contribution in [1.82, 2.24) is 4.57 Å². The molecule has 0 spiro atoms. The molecular formula is C43H55NO5. The highest BCUT2D eigenvalue weighted by atomic mass is 16.5. The number of carbonyl (C=O) groups is 1. The fraction of sp³-hybridized carbons (Fsp3) is 0.605. The summed E-state index contributed by atoms with van der Waals surface area (Å²) in [5.74, 6) is -0.317. The Morgan fingerprint density at radius 2 is 1.73 bits per heavy atom. The SMILES string of the molecule is C=C(C)[C@H]1Cc2c3c(cc4c5c(n1c24)[C@@]1(C)[C@@H](CCC2[C@](C)(/C=C/C=C(\C)C(=O)O)[C@@H](O)CC[C@@]21C)C5)C1=CC(C)(C)OC(C)(C)[C@H]1[C@@H]3O. The van der Waals surface area contributed by atoms with Crippen molar-refractivity contribution >= 4 is 22.4 Å². The highest BCUT2D eigenvalue weighted by Crippen LogP contribution is 2.71. The number of carboxylic acids is 1. The van der Waals surface area contributed by atoms with Crippen LogP contribution in [-0.4, -0.2) is 43.2 Å². The molecule has 6 nitrogen and oxygen atoms in total. The molecule has 0 amide bonds. The number of hydrogen-bond acceptors (Lipinski definition) is 4. The van der Waals surface area contributed by atoms with Crippen LogP contribution in [0.5, 0.6) is 0 Å². The fourth-order valence-corrected chi connectivity index (χ4v) is 12.7. The number of hydrogen-bond donors (Lipinski definition) is 3. The monoisotopic (exact) mass is 665 g/mol. The Kier molecular flexibility index (Phi) is 6.85. The number of fused-ring (bicyclic) bond motifs is 11. The number of allylic oxidation sites excluding steroid dienone is 3. The van der Waals surface area contributed by atoms with Crippen LogP contribution in [-0.2, 0) is 27.8 Å². The molecule has 4 aliphatic carbocycles. The van der Waals surface area contributed by atoms with Gasteiger partial charge < -0.3 is 24.6 Å². The maximum atomic E-state index is 12.2. The predicted octanol–water partition coefficient (Wildman–Crippen LogP) is 8.54. The third-order valence-electron chi connectivity index (χ3n) is 14.9. The average molecular weight is 666 g/mol. The molecule has 49 heavy (non-hydrogen) atoms. The number of ether oxygens (including phenoxy) is 1. The van der Waals surface area contributed by atoms with Gasteiger partial charge in [0.05, 0.1) is 35.0 Å². The van der Waals surface area contributed by atoms with Gasteiger partial charge in [0.15, 0.2) is 0 Å². The van der Waals surface area contributed by atoms with E-state index in [9.17, 15) is 20.1 Å². The van der Waals surface area contributed by atoms with Gasteiger partial charge in [-0.3, -0.25) is 0 Å². The Morgan fingerprint density at radius 3 is 2.41 bits per heavy atom. The minimum atomic E-state index is -0.922. The number of aliphatic hydroxyl groups is 2. The van der Waals surface area contributed by atoms with Gasteiger partial charge in [0.2, 0.25) is 0 Å². The van der Waals surface area contributed by atoms with E-state index in [1.165, 1.54) is 38.9 Å². The van der Waals surface area contributed by atoms with Crippen LogP contribution in [0.2, 0.25) is 0 Å². The summed E-state index contributed by atoms with van der Waals surface area (Å²) in [6.07, 6.45) is 12.5. The molecule has 2 saturated carbocycles. The van der Waals surface area contributed by atoms with Gasteiger partial charge in [0.25, 0.3) is 0 Å². The maximum Gasteiger partial charge on any atom is 0.331 e. The summed E-state index contributed by atoms with van der Waals surface area (Å²) in [6, 6.07) is 2.56. The van der Waals surface area contributed by atoms with Gasteiger partial charge in [-0.1, -0.05) is 51.2 Å². The summed E-state index contributed by atoms with van der Waals surface area (Å²) in [5.41, 5.74) is 8.86. The first-order valence-corrected chi connectivity index (χ1v) is 18.6. The summed E-state index contributed by atoms with van der Waals surface area (Å²) < 4.78 is 9.25. The zero-order valence-electron chi connectivity index (χ0n) is 30.9. The van der Waals surface area contributed by atoms with E-state index in [1.807, 2.05) is 6.08 Å². The first-order chi connectivity index (χ1) is 22.8. The average Bonchev–Trinajstić information content (AvgIpc) is 3.70. The van der Waals surface area contributed by atoms with Crippen molar-refractivity contribution in [1.29, 1.82) is 0 Å². The molecule has 0 saturated heterocycles. The second-order valence-corrected chi connectivity index (χ2v) is 18.4. The molecule has 0 radical (unpaired) electrons. The molecule has 1 aromatic heterocycles. The Hall–Kier alpha value is -2.93. The largest absolute Gasteiger partial charge is 0.478 e. The van der Waals surface area contributed by atoms with Gasteiger partial charge in [0, 0.05) is 33.4 Å². The number of rotatable bonds is 4. The van der Waals surface area contributed by atoms with Crippen LogP contribution in [0.15, 0.2) is 48.1 Å². The van der Waals surface area contributed by atoms with Gasteiger partial charge in [-0.2, -0.15) is 0 Å². The number of aliphatic hydroxyl groups excluding tert-OH is 2. The second-order valence-electron chi connectivity index (χ2n) is 18.4. The molecule has 6 aliphatic rings. The summed E-state index contributed by atoms with van der Waals surface area (Å²) in [4.78, 5) is 11.5. The Bertz CT molecular complexity index is 1940. The Balaban J connectivity index is 1.34. The normalized spacial score (nSPS) is 39.7. The quantitative estimate of drug-likeness (QED) is 0.173. The lowest BCUT2D eigenvalue weighted by molar-refractivity contribution is -0.145. The molecule has 262 valence electrons. The highest BCUT2D eigenvalue weighted by Gasteiger charge is 2.67. The van der Waals surface area contributed by atoms with Crippen molar-refractivity contribution in [2.75, 3.05) is 0 Å². The first kappa shape index (κ1) is 33.2. The smallest absolute Gasteiger partial charge is 0.331 e. The first-order valence-electron chi connectivity index (χ1n) is 18.6. The van der Waals surface area contributed by atoms with E-state index in [4.69, 9.17) is 4.74 Å². The van der Waals surface area contributed by atoms with E-state index >= 15 is 0 Å². The minimum absolute atomic E-state index is 0.0913. The van der Waals surface area contributed by atoms with E-state index in [0.717, 1.165) is 43.2 Å². The predicted molar refractivity (Wildman–Crippen MR) is 194 cm³/mol. The minimum Gasteiger partial charge on any atom is -0.478 e. The molecule has 6 heteroatoms. The topological polar surface area (TPSA) is 91.9 Å². The van der Waals surface area contributed by atoms with Crippen LogP contribution < -0.4 is 0 Å². The van der Waals surface area contributed by atoms with Gasteiger partial charge in [-0.25, -0.2) is 4.79 Å². The number of aliphatic carboxylic acids is 1. The number of nitrogens with zero attached hydrogens (tertiary/aromatic N) is 1. The third-order valence-corrected chi connectivity index (χ3v) is 14.9. The van der Waals surface area contributed by atoms with Crippen molar-refractivity contribution in [2.45, 2.75) is 136 Å². The summed E-state index contributed by atoms with van der Waals surface area (Å²) in [6.45, 7) is 24.1.